The molecule has 0 heterocycles. The predicted molar refractivity (Wildman–Crippen MR) is 68.5 cm³/mol. The Morgan fingerprint density at radius 3 is 2.44 bits per heavy atom. The van der Waals surface area contributed by atoms with Gasteiger partial charge in [-0.2, -0.15) is 0 Å². The topological polar surface area (TPSA) is 32.3 Å². The molecular formula is C14H23NO. The van der Waals surface area contributed by atoms with Crippen LogP contribution in [-0.4, -0.2) is 24.3 Å². The van der Waals surface area contributed by atoms with Crippen LogP contribution >= 0.6 is 0 Å². The van der Waals surface area contributed by atoms with Gasteiger partial charge in [-0.1, -0.05) is 37.3 Å². The summed E-state index contributed by atoms with van der Waals surface area (Å²) in [7, 11) is 0. The number of nitrogens with one attached hydrogen (secondary N) is 1. The summed E-state index contributed by atoms with van der Waals surface area (Å²) in [6.45, 7) is 5.73. The number of hydrogen-bond acceptors (Lipinski definition) is 2. The average Bonchev–Trinajstić information content (AvgIpc) is 2.27. The highest BCUT2D eigenvalue weighted by molar-refractivity contribution is 5.14. The van der Waals surface area contributed by atoms with Crippen LogP contribution in [0.3, 0.4) is 0 Å². The minimum Gasteiger partial charge on any atom is -0.392 e. The van der Waals surface area contributed by atoms with Crippen LogP contribution in [0.5, 0.6) is 0 Å². The van der Waals surface area contributed by atoms with Crippen LogP contribution in [-0.2, 0) is 6.42 Å². The molecule has 16 heavy (non-hydrogen) atoms. The molecule has 90 valence electrons. The first-order chi connectivity index (χ1) is 7.68. The molecule has 0 aromatic heterocycles. The summed E-state index contributed by atoms with van der Waals surface area (Å²) < 4.78 is 0. The third-order valence-electron chi connectivity index (χ3n) is 2.70. The maximum atomic E-state index is 9.11. The Bertz CT molecular complexity index is 271. The van der Waals surface area contributed by atoms with Crippen molar-refractivity contribution in [2.24, 2.45) is 5.92 Å². The van der Waals surface area contributed by atoms with Crippen LogP contribution in [0, 0.1) is 5.92 Å². The van der Waals surface area contributed by atoms with Crippen molar-refractivity contribution in [3.05, 3.63) is 35.9 Å². The van der Waals surface area contributed by atoms with Crippen molar-refractivity contribution in [2.45, 2.75) is 32.8 Å². The maximum absolute atomic E-state index is 9.11. The standard InChI is InChI=1S/C14H23NO/c1-12(10-15-11-13(2)16)8-9-14-6-4-3-5-7-14/h3-7,12-13,15-16H,8-11H2,1-2H3/t12?,13-/m1/s1. The maximum Gasteiger partial charge on any atom is 0.0636 e. The van der Waals surface area contributed by atoms with E-state index in [-0.39, 0.29) is 6.10 Å². The summed E-state index contributed by atoms with van der Waals surface area (Å²) >= 11 is 0. The number of benzene rings is 1. The molecular weight excluding hydrogens is 198 g/mol. The van der Waals surface area contributed by atoms with Gasteiger partial charge in [0.25, 0.3) is 0 Å². The second kappa shape index (κ2) is 7.42. The van der Waals surface area contributed by atoms with Crippen molar-refractivity contribution in [1.29, 1.82) is 0 Å². The van der Waals surface area contributed by atoms with Crippen LogP contribution in [0.4, 0.5) is 0 Å². The first-order valence-corrected chi connectivity index (χ1v) is 6.11. The number of hydrogen-bond donors (Lipinski definition) is 2. The van der Waals surface area contributed by atoms with Crippen molar-refractivity contribution in [3.8, 4) is 0 Å². The molecule has 0 spiro atoms. The lowest BCUT2D eigenvalue weighted by molar-refractivity contribution is 0.189. The first kappa shape index (κ1) is 13.2. The van der Waals surface area contributed by atoms with E-state index in [9.17, 15) is 0 Å². The predicted octanol–water partition coefficient (Wildman–Crippen LogP) is 2.23. The van der Waals surface area contributed by atoms with Crippen molar-refractivity contribution < 1.29 is 5.11 Å². The van der Waals surface area contributed by atoms with Crippen LogP contribution < -0.4 is 5.32 Å². The van der Waals surface area contributed by atoms with Crippen LogP contribution in [0.25, 0.3) is 0 Å². The second-order valence-electron chi connectivity index (χ2n) is 4.64. The molecule has 1 unspecified atom stereocenters. The molecule has 1 aromatic rings. The Hall–Kier alpha value is -0.860. The molecule has 2 N–H and O–H groups in total. The SMILES string of the molecule is CC(CCc1ccccc1)CNC[C@@H](C)O. The molecule has 0 saturated heterocycles. The molecule has 1 aromatic carbocycles. The van der Waals surface area contributed by atoms with Crippen molar-refractivity contribution in [2.75, 3.05) is 13.1 Å². The summed E-state index contributed by atoms with van der Waals surface area (Å²) in [6.07, 6.45) is 2.08. The minimum atomic E-state index is -0.249. The molecule has 2 atom stereocenters. The summed E-state index contributed by atoms with van der Waals surface area (Å²) in [5.74, 6) is 0.652. The fraction of sp³-hybridized carbons (Fsp3) is 0.571. The third-order valence-corrected chi connectivity index (χ3v) is 2.70. The fourth-order valence-corrected chi connectivity index (χ4v) is 1.70. The van der Waals surface area contributed by atoms with Gasteiger partial charge in [-0.25, -0.2) is 0 Å². The number of aliphatic hydroxyl groups is 1. The van der Waals surface area contributed by atoms with Gasteiger partial charge in [0.1, 0.15) is 0 Å². The third kappa shape index (κ3) is 5.89. The van der Waals surface area contributed by atoms with Crippen molar-refractivity contribution >= 4 is 0 Å². The van der Waals surface area contributed by atoms with Crippen LogP contribution in [0.2, 0.25) is 0 Å². The fourth-order valence-electron chi connectivity index (χ4n) is 1.70. The lowest BCUT2D eigenvalue weighted by Crippen LogP contribution is -2.28. The monoisotopic (exact) mass is 221 g/mol. The van der Waals surface area contributed by atoms with E-state index in [0.717, 1.165) is 13.0 Å². The molecule has 0 saturated carbocycles. The summed E-state index contributed by atoms with van der Waals surface area (Å²) in [5, 5.41) is 12.4. The van der Waals surface area contributed by atoms with Gasteiger partial charge in [-0.15, -0.1) is 0 Å². The van der Waals surface area contributed by atoms with E-state index in [2.05, 4.69) is 42.6 Å². The molecule has 0 amide bonds. The van der Waals surface area contributed by atoms with Crippen molar-refractivity contribution in [1.82, 2.24) is 5.32 Å². The quantitative estimate of drug-likeness (QED) is 0.740. The van der Waals surface area contributed by atoms with E-state index < -0.39 is 0 Å². The van der Waals surface area contributed by atoms with E-state index >= 15 is 0 Å². The van der Waals surface area contributed by atoms with Crippen LogP contribution in [0.15, 0.2) is 30.3 Å². The largest absolute Gasteiger partial charge is 0.392 e. The van der Waals surface area contributed by atoms with Gasteiger partial charge >= 0.3 is 0 Å². The highest BCUT2D eigenvalue weighted by Crippen LogP contribution is 2.08. The molecule has 0 radical (unpaired) electrons. The lowest BCUT2D eigenvalue weighted by Gasteiger charge is -2.13. The Kier molecular flexibility index (Phi) is 6.12. The minimum absolute atomic E-state index is 0.249. The summed E-state index contributed by atoms with van der Waals surface area (Å²) in [5.41, 5.74) is 1.41. The van der Waals surface area contributed by atoms with Gasteiger partial charge in [0.05, 0.1) is 6.10 Å². The highest BCUT2D eigenvalue weighted by Gasteiger charge is 2.03. The summed E-state index contributed by atoms with van der Waals surface area (Å²) in [6, 6.07) is 10.6. The first-order valence-electron chi connectivity index (χ1n) is 6.11. The normalized spacial score (nSPS) is 14.7. The zero-order valence-corrected chi connectivity index (χ0v) is 10.3. The average molecular weight is 221 g/mol. The zero-order chi connectivity index (χ0) is 11.8. The number of rotatable bonds is 7. The number of aliphatic hydroxyl groups excluding tert-OH is 1. The van der Waals surface area contributed by atoms with Gasteiger partial charge < -0.3 is 10.4 Å². The number of aryl methyl sites for hydroxylation is 1. The van der Waals surface area contributed by atoms with Gasteiger partial charge in [0.2, 0.25) is 0 Å². The zero-order valence-electron chi connectivity index (χ0n) is 10.3. The van der Waals surface area contributed by atoms with E-state index in [1.165, 1.54) is 12.0 Å². The summed E-state index contributed by atoms with van der Waals surface area (Å²) in [4.78, 5) is 0. The van der Waals surface area contributed by atoms with E-state index in [1.54, 1.807) is 0 Å². The Labute approximate surface area is 98.7 Å². The van der Waals surface area contributed by atoms with Gasteiger partial charge in [-0.3, -0.25) is 0 Å². The van der Waals surface area contributed by atoms with E-state index in [0.29, 0.717) is 12.5 Å². The molecule has 0 fully saturated rings. The smallest absolute Gasteiger partial charge is 0.0636 e. The van der Waals surface area contributed by atoms with Gasteiger partial charge in [0.15, 0.2) is 0 Å². The Balaban J connectivity index is 2.13. The molecule has 0 aliphatic carbocycles. The lowest BCUT2D eigenvalue weighted by atomic mass is 10.0. The molecule has 1 rings (SSSR count). The molecule has 0 aliphatic rings. The Morgan fingerprint density at radius 1 is 1.12 bits per heavy atom. The second-order valence-corrected chi connectivity index (χ2v) is 4.64. The Morgan fingerprint density at radius 2 is 1.81 bits per heavy atom. The van der Waals surface area contributed by atoms with Crippen LogP contribution in [0.1, 0.15) is 25.8 Å². The molecule has 2 nitrogen and oxygen atoms in total. The van der Waals surface area contributed by atoms with E-state index in [1.807, 2.05) is 6.92 Å². The van der Waals surface area contributed by atoms with E-state index in [4.69, 9.17) is 5.11 Å². The molecule has 0 bridgehead atoms. The highest BCUT2D eigenvalue weighted by atomic mass is 16.3. The van der Waals surface area contributed by atoms with Gasteiger partial charge in [-0.05, 0) is 37.8 Å². The van der Waals surface area contributed by atoms with Crippen molar-refractivity contribution in [3.63, 3.8) is 0 Å². The van der Waals surface area contributed by atoms with Gasteiger partial charge in [0, 0.05) is 6.54 Å². The molecule has 0 aliphatic heterocycles. The molecule has 2 heteroatoms.